The van der Waals surface area contributed by atoms with Crippen molar-refractivity contribution in [3.63, 3.8) is 0 Å². The lowest BCUT2D eigenvalue weighted by molar-refractivity contribution is -0.119. The minimum atomic E-state index is -0.533. The van der Waals surface area contributed by atoms with Crippen LogP contribution in [0, 0.1) is 0 Å². The van der Waals surface area contributed by atoms with E-state index in [1.165, 1.54) is 4.90 Å². The Hall–Kier alpha value is -3.10. The fourth-order valence-corrected chi connectivity index (χ4v) is 1.90. The van der Waals surface area contributed by atoms with Crippen LogP contribution < -0.4 is 10.2 Å². The highest BCUT2D eigenvalue weighted by Crippen LogP contribution is 2.15. The van der Waals surface area contributed by atoms with Crippen molar-refractivity contribution >= 4 is 23.2 Å². The molecular weight excluding hydrogens is 276 g/mol. The van der Waals surface area contributed by atoms with Gasteiger partial charge in [-0.25, -0.2) is 0 Å². The molecule has 0 unspecified atom stereocenters. The van der Waals surface area contributed by atoms with Gasteiger partial charge in [0.05, 0.1) is 0 Å². The minimum absolute atomic E-state index is 0.129. The number of hydrogen-bond donors (Lipinski definition) is 1. The summed E-state index contributed by atoms with van der Waals surface area (Å²) in [5, 5.41) is 2.65. The van der Waals surface area contributed by atoms with E-state index >= 15 is 0 Å². The molecule has 2 aromatic rings. The van der Waals surface area contributed by atoms with E-state index in [4.69, 9.17) is 0 Å². The van der Waals surface area contributed by atoms with Gasteiger partial charge in [-0.3, -0.25) is 9.59 Å². The van der Waals surface area contributed by atoms with Gasteiger partial charge in [0.2, 0.25) is 0 Å². The predicted octanol–water partition coefficient (Wildman–Crippen LogP) is 3.00. The second-order valence-electron chi connectivity index (χ2n) is 4.57. The highest BCUT2D eigenvalue weighted by atomic mass is 16.2. The van der Waals surface area contributed by atoms with Crippen molar-refractivity contribution in [3.8, 4) is 0 Å². The summed E-state index contributed by atoms with van der Waals surface area (Å²) in [6, 6.07) is 18.0. The molecule has 0 bridgehead atoms. The molecule has 0 atom stereocenters. The Kier molecular flexibility index (Phi) is 4.91. The predicted molar refractivity (Wildman–Crippen MR) is 87.6 cm³/mol. The number of anilines is 2. The largest absolute Gasteiger partial charge is 0.321 e. The van der Waals surface area contributed by atoms with Crippen molar-refractivity contribution in [3.05, 3.63) is 78.5 Å². The van der Waals surface area contributed by atoms with Gasteiger partial charge in [0.1, 0.15) is 5.57 Å². The van der Waals surface area contributed by atoms with E-state index in [1.807, 2.05) is 24.3 Å². The van der Waals surface area contributed by atoms with Crippen LogP contribution in [-0.4, -0.2) is 18.9 Å². The number of carbonyl (C=O) groups is 2. The molecule has 0 spiro atoms. The summed E-state index contributed by atoms with van der Waals surface area (Å²) in [6.45, 7) is 3.45. The Morgan fingerprint density at radius 3 is 2.09 bits per heavy atom. The van der Waals surface area contributed by atoms with Crippen molar-refractivity contribution in [2.45, 2.75) is 0 Å². The Bertz CT molecular complexity index is 717. The lowest BCUT2D eigenvalue weighted by Gasteiger charge is -2.17. The second-order valence-corrected chi connectivity index (χ2v) is 4.57. The van der Waals surface area contributed by atoms with Crippen LogP contribution in [0.1, 0.15) is 0 Å². The van der Waals surface area contributed by atoms with Gasteiger partial charge in [-0.15, -0.1) is 5.73 Å². The van der Waals surface area contributed by atoms with Gasteiger partial charge >= 0.3 is 0 Å². The van der Waals surface area contributed by atoms with Gasteiger partial charge in [0.15, 0.2) is 0 Å². The van der Waals surface area contributed by atoms with Gasteiger partial charge in [-0.1, -0.05) is 43.0 Å². The third-order valence-corrected chi connectivity index (χ3v) is 3.10. The van der Waals surface area contributed by atoms with Crippen LogP contribution in [-0.2, 0) is 9.59 Å². The molecule has 0 aliphatic rings. The summed E-state index contributed by atoms with van der Waals surface area (Å²) < 4.78 is 0. The van der Waals surface area contributed by atoms with Crippen molar-refractivity contribution in [1.82, 2.24) is 0 Å². The van der Waals surface area contributed by atoms with Crippen molar-refractivity contribution in [2.24, 2.45) is 0 Å². The fourth-order valence-electron chi connectivity index (χ4n) is 1.90. The molecular formula is C18H16N2O2. The van der Waals surface area contributed by atoms with Gasteiger partial charge in [0, 0.05) is 18.4 Å². The number of nitrogens with one attached hydrogen (secondary N) is 1. The van der Waals surface area contributed by atoms with Gasteiger partial charge in [-0.05, 0) is 24.3 Å². The first-order valence-electron chi connectivity index (χ1n) is 6.73. The Labute approximate surface area is 129 Å². The van der Waals surface area contributed by atoms with Crippen LogP contribution in [0.3, 0.4) is 0 Å². The zero-order chi connectivity index (χ0) is 15.9. The molecule has 1 N–H and O–H groups in total. The van der Waals surface area contributed by atoms with Gasteiger partial charge in [-0.2, -0.15) is 0 Å². The summed E-state index contributed by atoms with van der Waals surface area (Å²) in [5.74, 6) is -0.997. The molecule has 2 amide bonds. The standard InChI is InChI=1S/C18H16N2O2/c1-3-16(17(21)19-14-10-6-4-7-11-14)18(22)20(2)15-12-8-5-9-13-15/h4-13H,1H2,2H3,(H,19,21). The first-order chi connectivity index (χ1) is 10.6. The Morgan fingerprint density at radius 2 is 1.55 bits per heavy atom. The molecule has 0 aromatic heterocycles. The average Bonchev–Trinajstić information content (AvgIpc) is 2.56. The van der Waals surface area contributed by atoms with Crippen molar-refractivity contribution in [1.29, 1.82) is 0 Å². The third-order valence-electron chi connectivity index (χ3n) is 3.10. The highest BCUT2D eigenvalue weighted by molar-refractivity contribution is 6.26. The zero-order valence-corrected chi connectivity index (χ0v) is 12.2. The van der Waals surface area contributed by atoms with E-state index in [1.54, 1.807) is 43.4 Å². The molecule has 0 aliphatic heterocycles. The average molecular weight is 292 g/mol. The first-order valence-corrected chi connectivity index (χ1v) is 6.73. The summed E-state index contributed by atoms with van der Waals surface area (Å²) in [4.78, 5) is 26.0. The van der Waals surface area contributed by atoms with E-state index in [9.17, 15) is 9.59 Å². The number of benzene rings is 2. The first kappa shape index (κ1) is 15.3. The number of nitrogens with zero attached hydrogens (tertiary/aromatic N) is 1. The molecule has 0 aliphatic carbocycles. The molecule has 4 nitrogen and oxygen atoms in total. The summed E-state index contributed by atoms with van der Waals surface area (Å²) >= 11 is 0. The van der Waals surface area contributed by atoms with Crippen LogP contribution in [0.2, 0.25) is 0 Å². The molecule has 4 heteroatoms. The molecule has 2 rings (SSSR count). The van der Waals surface area contributed by atoms with Crippen LogP contribution in [0.25, 0.3) is 0 Å². The zero-order valence-electron chi connectivity index (χ0n) is 12.2. The number of hydrogen-bond acceptors (Lipinski definition) is 2. The lowest BCUT2D eigenvalue weighted by atomic mass is 10.2. The Morgan fingerprint density at radius 1 is 1.00 bits per heavy atom. The number of para-hydroxylation sites is 2. The van der Waals surface area contributed by atoms with Crippen LogP contribution in [0.5, 0.6) is 0 Å². The topological polar surface area (TPSA) is 49.4 Å². The summed E-state index contributed by atoms with van der Waals surface area (Å²) in [7, 11) is 1.60. The van der Waals surface area contributed by atoms with Crippen LogP contribution in [0.15, 0.2) is 78.5 Å². The van der Waals surface area contributed by atoms with Crippen LogP contribution >= 0.6 is 0 Å². The van der Waals surface area contributed by atoms with Crippen molar-refractivity contribution in [2.75, 3.05) is 17.3 Å². The molecule has 0 saturated carbocycles. The minimum Gasteiger partial charge on any atom is -0.321 e. The van der Waals surface area contributed by atoms with Gasteiger partial charge < -0.3 is 10.2 Å². The van der Waals surface area contributed by atoms with Gasteiger partial charge in [0.25, 0.3) is 11.8 Å². The summed E-state index contributed by atoms with van der Waals surface area (Å²) in [6.07, 6.45) is 0. The monoisotopic (exact) mass is 292 g/mol. The molecule has 22 heavy (non-hydrogen) atoms. The second kappa shape index (κ2) is 7.07. The number of likely N-dealkylation sites (N-methyl/N-ethyl adjacent to an activating group) is 1. The quantitative estimate of drug-likeness (QED) is 0.407. The normalized spacial score (nSPS) is 9.50. The molecule has 2 aromatic carbocycles. The highest BCUT2D eigenvalue weighted by Gasteiger charge is 2.22. The van der Waals surface area contributed by atoms with Crippen LogP contribution in [0.4, 0.5) is 11.4 Å². The fraction of sp³-hybridized carbons (Fsp3) is 0.0556. The SMILES string of the molecule is C=C=C(C(=O)Nc1ccccc1)C(=O)N(C)c1ccccc1. The molecule has 110 valence electrons. The smallest absolute Gasteiger partial charge is 0.271 e. The molecule has 0 heterocycles. The maximum Gasteiger partial charge on any atom is 0.271 e. The Balaban J connectivity index is 2.16. The molecule has 0 fully saturated rings. The van der Waals surface area contributed by atoms with E-state index in [0.29, 0.717) is 11.4 Å². The maximum atomic E-state index is 12.4. The molecule has 0 radical (unpaired) electrons. The summed E-state index contributed by atoms with van der Waals surface area (Å²) in [5.41, 5.74) is 3.60. The van der Waals surface area contributed by atoms with E-state index in [0.717, 1.165) is 0 Å². The van der Waals surface area contributed by atoms with Crippen molar-refractivity contribution < 1.29 is 9.59 Å². The molecule has 0 saturated heterocycles. The third kappa shape index (κ3) is 3.51. The van der Waals surface area contributed by atoms with E-state index in [-0.39, 0.29) is 5.57 Å². The maximum absolute atomic E-state index is 12.4. The number of carbonyl (C=O) groups excluding carboxylic acids is 2. The van der Waals surface area contributed by atoms with E-state index in [2.05, 4.69) is 17.6 Å². The lowest BCUT2D eigenvalue weighted by Crippen LogP contribution is -2.32. The van der Waals surface area contributed by atoms with E-state index < -0.39 is 11.8 Å². The number of rotatable bonds is 4. The number of amides is 2.